The fourth-order valence-electron chi connectivity index (χ4n) is 2.88. The molecule has 0 bridgehead atoms. The van der Waals surface area contributed by atoms with Gasteiger partial charge in [-0.05, 0) is 57.9 Å². The smallest absolute Gasteiger partial charge is 0.269 e. The standard InChI is InChI=1S/C22H16BrN3O5/c23-18-3-1-2-4-20(18)31-21-12-24-25-22(21)17-10-9-16(11-19(17)27)30-13-14-5-7-15(8-6-14)26(28)29/h1-12,27H,13H2,(H,24,25). The average Bonchev–Trinajstić information content (AvgIpc) is 3.22. The topological polar surface area (TPSA) is 111 Å². The van der Waals surface area contributed by atoms with Crippen LogP contribution in [0.3, 0.4) is 0 Å². The van der Waals surface area contributed by atoms with E-state index in [1.807, 2.05) is 24.3 Å². The van der Waals surface area contributed by atoms with Gasteiger partial charge in [0.05, 0.1) is 15.6 Å². The summed E-state index contributed by atoms with van der Waals surface area (Å²) in [6.45, 7) is 0.206. The minimum Gasteiger partial charge on any atom is -0.507 e. The first-order valence-electron chi connectivity index (χ1n) is 9.16. The number of phenolic OH excluding ortho intramolecular Hbond substituents is 1. The lowest BCUT2D eigenvalue weighted by molar-refractivity contribution is -0.384. The Morgan fingerprint density at radius 2 is 1.84 bits per heavy atom. The molecule has 0 amide bonds. The molecule has 31 heavy (non-hydrogen) atoms. The molecule has 3 aromatic carbocycles. The number of H-pyrrole nitrogens is 1. The number of halogens is 1. The largest absolute Gasteiger partial charge is 0.507 e. The Morgan fingerprint density at radius 1 is 1.06 bits per heavy atom. The summed E-state index contributed by atoms with van der Waals surface area (Å²) in [5.74, 6) is 1.52. The molecule has 0 saturated heterocycles. The highest BCUT2D eigenvalue weighted by Gasteiger charge is 2.15. The van der Waals surface area contributed by atoms with E-state index in [1.54, 1.807) is 24.3 Å². The van der Waals surface area contributed by atoms with Crippen LogP contribution in [-0.2, 0) is 6.61 Å². The molecule has 2 N–H and O–H groups in total. The zero-order valence-corrected chi connectivity index (χ0v) is 17.6. The number of nitro benzene ring substituents is 1. The molecule has 0 spiro atoms. The summed E-state index contributed by atoms with van der Waals surface area (Å²) in [6.07, 6.45) is 1.53. The number of aromatic amines is 1. The lowest BCUT2D eigenvalue weighted by Gasteiger charge is -2.11. The Morgan fingerprint density at radius 3 is 2.55 bits per heavy atom. The van der Waals surface area contributed by atoms with Crippen molar-refractivity contribution in [3.63, 3.8) is 0 Å². The highest BCUT2D eigenvalue weighted by Crippen LogP contribution is 2.39. The molecule has 0 saturated carbocycles. The maximum atomic E-state index is 10.7. The molecule has 0 radical (unpaired) electrons. The average molecular weight is 482 g/mol. The molecule has 0 fully saturated rings. The second-order valence-electron chi connectivity index (χ2n) is 6.53. The van der Waals surface area contributed by atoms with Gasteiger partial charge in [0.2, 0.25) is 0 Å². The van der Waals surface area contributed by atoms with Crippen LogP contribution in [-0.4, -0.2) is 20.2 Å². The van der Waals surface area contributed by atoms with Gasteiger partial charge in [0.1, 0.15) is 29.5 Å². The van der Waals surface area contributed by atoms with Crippen molar-refractivity contribution in [3.8, 4) is 34.3 Å². The van der Waals surface area contributed by atoms with Gasteiger partial charge in [-0.3, -0.25) is 15.2 Å². The third kappa shape index (κ3) is 4.67. The van der Waals surface area contributed by atoms with Gasteiger partial charge in [-0.1, -0.05) is 12.1 Å². The monoisotopic (exact) mass is 481 g/mol. The molecule has 0 aliphatic carbocycles. The van der Waals surface area contributed by atoms with Crippen LogP contribution in [0, 0.1) is 10.1 Å². The van der Waals surface area contributed by atoms with Crippen molar-refractivity contribution < 1.29 is 19.5 Å². The highest BCUT2D eigenvalue weighted by atomic mass is 79.9. The van der Waals surface area contributed by atoms with Crippen LogP contribution in [0.25, 0.3) is 11.3 Å². The first-order chi connectivity index (χ1) is 15.0. The summed E-state index contributed by atoms with van der Waals surface area (Å²) in [6, 6.07) is 18.4. The van der Waals surface area contributed by atoms with Gasteiger partial charge in [0.15, 0.2) is 5.75 Å². The molecule has 0 unspecified atom stereocenters. The number of ether oxygens (including phenoxy) is 2. The minimum absolute atomic E-state index is 0.0116. The van der Waals surface area contributed by atoms with Crippen molar-refractivity contribution in [3.05, 3.63) is 93.1 Å². The highest BCUT2D eigenvalue weighted by molar-refractivity contribution is 9.10. The fourth-order valence-corrected chi connectivity index (χ4v) is 3.25. The molecule has 9 heteroatoms. The summed E-state index contributed by atoms with van der Waals surface area (Å²) in [5.41, 5.74) is 1.81. The summed E-state index contributed by atoms with van der Waals surface area (Å²) >= 11 is 3.44. The number of benzene rings is 3. The van der Waals surface area contributed by atoms with E-state index in [1.165, 1.54) is 24.4 Å². The van der Waals surface area contributed by atoms with E-state index in [0.29, 0.717) is 28.5 Å². The molecule has 0 aliphatic heterocycles. The number of para-hydroxylation sites is 1. The number of hydrogen-bond acceptors (Lipinski definition) is 6. The van der Waals surface area contributed by atoms with E-state index in [-0.39, 0.29) is 18.0 Å². The number of nitro groups is 1. The molecule has 1 heterocycles. The van der Waals surface area contributed by atoms with Gasteiger partial charge in [0, 0.05) is 23.8 Å². The minimum atomic E-state index is -0.453. The Hall–Kier alpha value is -3.85. The van der Waals surface area contributed by atoms with Crippen LogP contribution >= 0.6 is 15.9 Å². The van der Waals surface area contributed by atoms with Crippen molar-refractivity contribution in [1.82, 2.24) is 10.2 Å². The van der Waals surface area contributed by atoms with Crippen molar-refractivity contribution in [1.29, 1.82) is 0 Å². The Balaban J connectivity index is 1.49. The number of aromatic nitrogens is 2. The van der Waals surface area contributed by atoms with Gasteiger partial charge in [-0.15, -0.1) is 0 Å². The van der Waals surface area contributed by atoms with Crippen LogP contribution < -0.4 is 9.47 Å². The van der Waals surface area contributed by atoms with Crippen LogP contribution in [0.2, 0.25) is 0 Å². The summed E-state index contributed by atoms with van der Waals surface area (Å²) in [5, 5.41) is 28.1. The van der Waals surface area contributed by atoms with E-state index < -0.39 is 4.92 Å². The first-order valence-corrected chi connectivity index (χ1v) is 9.96. The van der Waals surface area contributed by atoms with Crippen LogP contribution in [0.15, 0.2) is 77.4 Å². The summed E-state index contributed by atoms with van der Waals surface area (Å²) in [7, 11) is 0. The number of aromatic hydroxyl groups is 1. The third-order valence-electron chi connectivity index (χ3n) is 4.45. The lowest BCUT2D eigenvalue weighted by Crippen LogP contribution is -1.96. The van der Waals surface area contributed by atoms with Crippen LogP contribution in [0.5, 0.6) is 23.0 Å². The SMILES string of the molecule is O=[N+]([O-])c1ccc(COc2ccc(-c3[nH]ncc3Oc3ccccc3Br)c(O)c2)cc1. The summed E-state index contributed by atoms with van der Waals surface area (Å²) in [4.78, 5) is 10.3. The van der Waals surface area contributed by atoms with Gasteiger partial charge >= 0.3 is 0 Å². The van der Waals surface area contributed by atoms with E-state index in [9.17, 15) is 15.2 Å². The van der Waals surface area contributed by atoms with Gasteiger partial charge in [-0.25, -0.2) is 0 Å². The number of non-ortho nitro benzene ring substituents is 1. The predicted molar refractivity (Wildman–Crippen MR) is 117 cm³/mol. The normalized spacial score (nSPS) is 10.6. The van der Waals surface area contributed by atoms with Crippen LogP contribution in [0.4, 0.5) is 5.69 Å². The second kappa shape index (κ2) is 8.88. The lowest BCUT2D eigenvalue weighted by atomic mass is 10.1. The number of phenols is 1. The maximum Gasteiger partial charge on any atom is 0.269 e. The van der Waals surface area contributed by atoms with Gasteiger partial charge < -0.3 is 14.6 Å². The molecule has 4 rings (SSSR count). The van der Waals surface area contributed by atoms with E-state index in [0.717, 1.165) is 10.0 Å². The molecule has 0 atom stereocenters. The van der Waals surface area contributed by atoms with Crippen molar-refractivity contribution in [2.24, 2.45) is 0 Å². The number of rotatable bonds is 7. The third-order valence-corrected chi connectivity index (χ3v) is 5.11. The Kier molecular flexibility index (Phi) is 5.85. The number of nitrogens with one attached hydrogen (secondary N) is 1. The number of hydrogen-bond donors (Lipinski definition) is 2. The fraction of sp³-hybridized carbons (Fsp3) is 0.0455. The molecule has 156 valence electrons. The predicted octanol–water partition coefficient (Wildman–Crippen LogP) is 5.82. The zero-order chi connectivity index (χ0) is 21.8. The number of nitrogens with zero attached hydrogens (tertiary/aromatic N) is 2. The van der Waals surface area contributed by atoms with E-state index in [2.05, 4.69) is 26.1 Å². The Labute approximate surface area is 185 Å². The second-order valence-corrected chi connectivity index (χ2v) is 7.39. The molecule has 4 aromatic rings. The van der Waals surface area contributed by atoms with Gasteiger partial charge in [0.25, 0.3) is 5.69 Å². The van der Waals surface area contributed by atoms with Gasteiger partial charge in [-0.2, -0.15) is 5.10 Å². The van der Waals surface area contributed by atoms with E-state index in [4.69, 9.17) is 9.47 Å². The van der Waals surface area contributed by atoms with Crippen LogP contribution in [0.1, 0.15) is 5.56 Å². The quantitative estimate of drug-likeness (QED) is 0.254. The molecular weight excluding hydrogens is 466 g/mol. The van der Waals surface area contributed by atoms with E-state index >= 15 is 0 Å². The molecular formula is C22H16BrN3O5. The van der Waals surface area contributed by atoms with Crippen molar-refractivity contribution in [2.75, 3.05) is 0 Å². The first kappa shape index (κ1) is 20.4. The zero-order valence-electron chi connectivity index (χ0n) is 16.0. The van der Waals surface area contributed by atoms with Crippen molar-refractivity contribution in [2.45, 2.75) is 6.61 Å². The molecule has 1 aromatic heterocycles. The summed E-state index contributed by atoms with van der Waals surface area (Å²) < 4.78 is 12.4. The molecule has 8 nitrogen and oxygen atoms in total. The van der Waals surface area contributed by atoms with Crippen molar-refractivity contribution >= 4 is 21.6 Å². The maximum absolute atomic E-state index is 10.7. The Bertz CT molecular complexity index is 1220. The molecule has 0 aliphatic rings.